The average Bonchev–Trinajstić information content (AvgIpc) is 3.42. The molecule has 0 spiro atoms. The zero-order valence-electron chi connectivity index (χ0n) is 28.0. The number of nitrogens with zero attached hydrogens (tertiary/aromatic N) is 2. The summed E-state index contributed by atoms with van der Waals surface area (Å²) in [6.45, 7) is 3.73. The third kappa shape index (κ3) is 7.65. The number of aromatic nitrogens is 1. The summed E-state index contributed by atoms with van der Waals surface area (Å²) in [5, 5.41) is 10.6. The van der Waals surface area contributed by atoms with Crippen molar-refractivity contribution in [3.63, 3.8) is 0 Å². The van der Waals surface area contributed by atoms with Crippen LogP contribution in [-0.4, -0.2) is 54.6 Å². The minimum absolute atomic E-state index is 0.0452. The number of para-hydroxylation sites is 1. The molecule has 1 aromatic heterocycles. The molecular weight excluding hydrogens is 576 g/mol. The van der Waals surface area contributed by atoms with Crippen molar-refractivity contribution >= 4 is 27.6 Å². The molecule has 0 saturated carbocycles. The van der Waals surface area contributed by atoms with E-state index in [1.54, 1.807) is 0 Å². The van der Waals surface area contributed by atoms with Gasteiger partial charge in [-0.1, -0.05) is 104 Å². The Kier molecular flexibility index (Phi) is 10.2. The maximum Gasteiger partial charge on any atom is 0.251 e. The van der Waals surface area contributed by atoms with Gasteiger partial charge in [0.2, 0.25) is 0 Å². The monoisotopic (exact) mass is 622 g/mol. The van der Waals surface area contributed by atoms with Crippen LogP contribution in [0.25, 0.3) is 32.8 Å². The smallest absolute Gasteiger partial charge is 0.251 e. The van der Waals surface area contributed by atoms with Crippen molar-refractivity contribution in [1.29, 1.82) is 0 Å². The van der Waals surface area contributed by atoms with Crippen LogP contribution in [0.15, 0.2) is 121 Å². The summed E-state index contributed by atoms with van der Waals surface area (Å²) in [7, 11) is 6.29. The fraction of sp³-hybridized carbons (Fsp3) is 0.262. The molecule has 240 valence electrons. The van der Waals surface area contributed by atoms with Crippen LogP contribution in [-0.2, 0) is 26.3 Å². The van der Waals surface area contributed by atoms with Gasteiger partial charge in [-0.2, -0.15) is 0 Å². The first kappa shape index (κ1) is 32.2. The number of carbonyl (C=O) groups is 1. The van der Waals surface area contributed by atoms with Crippen molar-refractivity contribution in [2.24, 2.45) is 7.05 Å². The summed E-state index contributed by atoms with van der Waals surface area (Å²) < 4.78 is 2.18. The topological polar surface area (TPSA) is 49.3 Å². The highest BCUT2D eigenvalue weighted by atomic mass is 16.1. The normalized spacial score (nSPS) is 12.9. The van der Waals surface area contributed by atoms with Crippen LogP contribution in [0.5, 0.6) is 0 Å². The predicted octanol–water partition coefficient (Wildman–Crippen LogP) is 7.66. The minimum Gasteiger partial charge on any atom is -0.350 e. The van der Waals surface area contributed by atoms with Gasteiger partial charge in [-0.05, 0) is 90.1 Å². The Hall–Kier alpha value is -4.71. The first-order chi connectivity index (χ1) is 22.9. The number of nitrogens with one attached hydrogen (secondary N) is 2. The largest absolute Gasteiger partial charge is 0.350 e. The van der Waals surface area contributed by atoms with Crippen molar-refractivity contribution in [3.05, 3.63) is 144 Å². The molecule has 0 aliphatic carbocycles. The number of rotatable bonds is 13. The van der Waals surface area contributed by atoms with Gasteiger partial charge >= 0.3 is 0 Å². The maximum atomic E-state index is 13.8. The van der Waals surface area contributed by atoms with E-state index in [0.29, 0.717) is 5.56 Å². The number of benzene rings is 5. The molecule has 5 heteroatoms. The van der Waals surface area contributed by atoms with Crippen molar-refractivity contribution in [3.8, 4) is 11.1 Å². The third-order valence-electron chi connectivity index (χ3n) is 9.48. The second kappa shape index (κ2) is 14.8. The van der Waals surface area contributed by atoms with Gasteiger partial charge in [0.15, 0.2) is 0 Å². The minimum atomic E-state index is -0.0875. The first-order valence-electron chi connectivity index (χ1n) is 16.8. The molecular formula is C42H46N4O. The second-order valence-corrected chi connectivity index (χ2v) is 12.8. The molecule has 1 heterocycles. The number of aryl methyl sites for hydroxylation is 2. The van der Waals surface area contributed by atoms with E-state index in [1.165, 1.54) is 38.4 Å². The maximum absolute atomic E-state index is 13.8. The Morgan fingerprint density at radius 1 is 0.787 bits per heavy atom. The van der Waals surface area contributed by atoms with Gasteiger partial charge in [-0.15, -0.1) is 0 Å². The highest BCUT2D eigenvalue weighted by molar-refractivity contribution is 5.95. The number of amides is 1. The van der Waals surface area contributed by atoms with Crippen LogP contribution in [0.3, 0.4) is 0 Å². The fourth-order valence-corrected chi connectivity index (χ4v) is 6.78. The van der Waals surface area contributed by atoms with Crippen LogP contribution in [0, 0.1) is 0 Å². The van der Waals surface area contributed by atoms with Crippen molar-refractivity contribution in [1.82, 2.24) is 20.1 Å². The lowest BCUT2D eigenvalue weighted by atomic mass is 9.99. The van der Waals surface area contributed by atoms with Gasteiger partial charge in [0, 0.05) is 54.9 Å². The zero-order valence-corrected chi connectivity index (χ0v) is 28.0. The van der Waals surface area contributed by atoms with Crippen molar-refractivity contribution < 1.29 is 4.79 Å². The first-order valence-corrected chi connectivity index (χ1v) is 16.8. The van der Waals surface area contributed by atoms with E-state index in [-0.39, 0.29) is 18.0 Å². The summed E-state index contributed by atoms with van der Waals surface area (Å²) in [5.41, 5.74) is 8.02. The van der Waals surface area contributed by atoms with Gasteiger partial charge in [0.25, 0.3) is 5.91 Å². The summed E-state index contributed by atoms with van der Waals surface area (Å²) >= 11 is 0. The Balaban J connectivity index is 1.22. The van der Waals surface area contributed by atoms with E-state index < -0.39 is 0 Å². The van der Waals surface area contributed by atoms with Crippen molar-refractivity contribution in [2.45, 2.75) is 38.3 Å². The van der Waals surface area contributed by atoms with Crippen LogP contribution in [0.4, 0.5) is 0 Å². The third-order valence-corrected chi connectivity index (χ3v) is 9.48. The summed E-state index contributed by atoms with van der Waals surface area (Å²) in [6.07, 6.45) is 4.88. The lowest BCUT2D eigenvalue weighted by Gasteiger charge is -2.32. The van der Waals surface area contributed by atoms with Gasteiger partial charge in [-0.3, -0.25) is 9.69 Å². The van der Waals surface area contributed by atoms with Gasteiger partial charge in [-0.25, -0.2) is 0 Å². The quantitative estimate of drug-likeness (QED) is 0.139. The Bertz CT molecular complexity index is 1940. The van der Waals surface area contributed by atoms with E-state index in [1.807, 2.05) is 31.3 Å². The lowest BCUT2D eigenvalue weighted by Crippen LogP contribution is -2.49. The Morgan fingerprint density at radius 3 is 2.17 bits per heavy atom. The molecule has 0 aliphatic rings. The number of hydrogen-bond acceptors (Lipinski definition) is 3. The van der Waals surface area contributed by atoms with E-state index in [4.69, 9.17) is 0 Å². The van der Waals surface area contributed by atoms with E-state index in [9.17, 15) is 4.79 Å². The highest BCUT2D eigenvalue weighted by Crippen LogP contribution is 2.24. The van der Waals surface area contributed by atoms with E-state index in [0.717, 1.165) is 43.5 Å². The summed E-state index contributed by atoms with van der Waals surface area (Å²) in [5.74, 6) is -0.0452. The van der Waals surface area contributed by atoms with Crippen molar-refractivity contribution in [2.75, 3.05) is 27.2 Å². The number of fused-ring (bicyclic) bond motifs is 2. The molecule has 0 radical (unpaired) electrons. The number of likely N-dealkylation sites (N-methyl/N-ethyl adjacent to an activating group) is 2. The van der Waals surface area contributed by atoms with Gasteiger partial charge in [0.1, 0.15) is 0 Å². The van der Waals surface area contributed by atoms with E-state index in [2.05, 4.69) is 138 Å². The van der Waals surface area contributed by atoms with Crippen LogP contribution >= 0.6 is 0 Å². The molecule has 1 amide bonds. The molecule has 6 aromatic rings. The lowest BCUT2D eigenvalue weighted by molar-refractivity contribution is 0.0921. The zero-order chi connectivity index (χ0) is 32.8. The summed E-state index contributed by atoms with van der Waals surface area (Å²) in [4.78, 5) is 16.2. The molecule has 0 saturated heterocycles. The van der Waals surface area contributed by atoms with Gasteiger partial charge < -0.3 is 15.2 Å². The molecule has 5 aromatic carbocycles. The number of carbonyl (C=O) groups excluding carboxylic acids is 1. The fourth-order valence-electron chi connectivity index (χ4n) is 6.78. The second-order valence-electron chi connectivity index (χ2n) is 12.8. The summed E-state index contributed by atoms with van der Waals surface area (Å²) in [6, 6.07) is 40.6. The van der Waals surface area contributed by atoms with Crippen LogP contribution in [0.1, 0.15) is 34.0 Å². The molecule has 2 N–H and O–H groups in total. The molecule has 47 heavy (non-hydrogen) atoms. The van der Waals surface area contributed by atoms with Gasteiger partial charge in [0.05, 0.1) is 0 Å². The number of hydrogen-bond donors (Lipinski definition) is 2. The molecule has 6 rings (SSSR count). The van der Waals surface area contributed by atoms with Crippen LogP contribution < -0.4 is 10.6 Å². The van der Waals surface area contributed by atoms with Crippen LogP contribution in [0.2, 0.25) is 0 Å². The highest BCUT2D eigenvalue weighted by Gasteiger charge is 2.23. The average molecular weight is 623 g/mol. The Morgan fingerprint density at radius 2 is 1.45 bits per heavy atom. The molecule has 0 bridgehead atoms. The molecule has 0 fully saturated rings. The molecule has 5 nitrogen and oxygen atoms in total. The molecule has 0 aliphatic heterocycles. The molecule has 0 unspecified atom stereocenters. The van der Waals surface area contributed by atoms with E-state index >= 15 is 0 Å². The molecule has 2 atom stereocenters. The Labute approximate surface area is 279 Å². The predicted molar refractivity (Wildman–Crippen MR) is 197 cm³/mol. The standard InChI is InChI=1S/C42H46N4O/c1-5-30-14-17-33(18-15-30)34-20-22-35(23-21-34)42(47)44-38(26-37-28-46(4)41-13-9-8-12-40(37)41)29-45(3)39(27-43-2)25-31-16-19-32-10-6-7-11-36(32)24-31/h6-24,28,38-39,43H,5,25-27,29H2,1-4H3,(H,44,47)/t38-,39+/m0/s1. The SMILES string of the molecule is CCc1ccc(-c2ccc(C(=O)N[C@@H](Cc3cn(C)c4ccccc34)CN(C)[C@@H](CNC)Cc3ccc4ccccc4c3)cc2)cc1.